The van der Waals surface area contributed by atoms with Crippen molar-refractivity contribution in [1.82, 2.24) is 5.32 Å². The highest BCUT2D eigenvalue weighted by Crippen LogP contribution is 2.23. The average Bonchev–Trinajstić information content (AvgIpc) is 2.50. The van der Waals surface area contributed by atoms with Crippen LogP contribution in [-0.4, -0.2) is 11.8 Å². The number of nitrogens with one attached hydrogen (secondary N) is 1. The summed E-state index contributed by atoms with van der Waals surface area (Å²) in [4.78, 5) is 12.4. The molecule has 2 aromatic carbocycles. The van der Waals surface area contributed by atoms with Crippen LogP contribution in [-0.2, 0) is 5.54 Å². The van der Waals surface area contributed by atoms with E-state index in [9.17, 15) is 4.79 Å². The van der Waals surface area contributed by atoms with Crippen LogP contribution in [0.15, 0.2) is 48.5 Å². The molecule has 1 amide bonds. The first kappa shape index (κ1) is 15.9. The minimum Gasteiger partial charge on any atom is -0.342 e. The van der Waals surface area contributed by atoms with Crippen LogP contribution in [0, 0.1) is 6.92 Å². The summed E-state index contributed by atoms with van der Waals surface area (Å²) in [7, 11) is 0. The lowest BCUT2D eigenvalue weighted by molar-refractivity contribution is 0.0913. The van der Waals surface area contributed by atoms with Gasteiger partial charge in [-0.05, 0) is 37.1 Å². The SMILES string of the molecule is Cc1ccc(C(=O)NC(C)(CCl)c2ccccc2)cc1Cl. The molecule has 0 aliphatic rings. The highest BCUT2D eigenvalue weighted by Gasteiger charge is 2.28. The van der Waals surface area contributed by atoms with Crippen molar-refractivity contribution in [3.8, 4) is 0 Å². The normalized spacial score (nSPS) is 13.5. The summed E-state index contributed by atoms with van der Waals surface area (Å²) in [6, 6.07) is 14.9. The molecule has 110 valence electrons. The number of alkyl halides is 1. The van der Waals surface area contributed by atoms with E-state index in [0.717, 1.165) is 11.1 Å². The number of benzene rings is 2. The van der Waals surface area contributed by atoms with Crippen LogP contribution < -0.4 is 5.32 Å². The summed E-state index contributed by atoms with van der Waals surface area (Å²) >= 11 is 12.2. The minimum absolute atomic E-state index is 0.191. The van der Waals surface area contributed by atoms with Crippen molar-refractivity contribution in [3.05, 3.63) is 70.2 Å². The molecule has 2 nitrogen and oxygen atoms in total. The summed E-state index contributed by atoms with van der Waals surface area (Å²) in [5.74, 6) is 0.0893. The molecule has 0 aliphatic heterocycles. The van der Waals surface area contributed by atoms with E-state index in [-0.39, 0.29) is 11.8 Å². The number of carbonyl (C=O) groups is 1. The van der Waals surface area contributed by atoms with Gasteiger partial charge in [0.2, 0.25) is 0 Å². The maximum Gasteiger partial charge on any atom is 0.252 e. The summed E-state index contributed by atoms with van der Waals surface area (Å²) in [5.41, 5.74) is 1.80. The number of hydrogen-bond acceptors (Lipinski definition) is 1. The fourth-order valence-corrected chi connectivity index (χ4v) is 2.45. The van der Waals surface area contributed by atoms with Crippen LogP contribution in [0.4, 0.5) is 0 Å². The molecule has 0 aliphatic carbocycles. The molecule has 21 heavy (non-hydrogen) atoms. The van der Waals surface area contributed by atoms with Gasteiger partial charge in [0, 0.05) is 16.5 Å². The van der Waals surface area contributed by atoms with Gasteiger partial charge in [0.15, 0.2) is 0 Å². The molecule has 0 saturated heterocycles. The molecule has 1 unspecified atom stereocenters. The van der Waals surface area contributed by atoms with Crippen molar-refractivity contribution in [2.24, 2.45) is 0 Å². The van der Waals surface area contributed by atoms with Gasteiger partial charge in [-0.25, -0.2) is 0 Å². The van der Waals surface area contributed by atoms with Crippen LogP contribution in [0.3, 0.4) is 0 Å². The van der Waals surface area contributed by atoms with Crippen molar-refractivity contribution in [1.29, 1.82) is 0 Å². The predicted molar refractivity (Wildman–Crippen MR) is 88.2 cm³/mol. The van der Waals surface area contributed by atoms with Crippen LogP contribution >= 0.6 is 23.2 Å². The van der Waals surface area contributed by atoms with Gasteiger partial charge in [-0.3, -0.25) is 4.79 Å². The molecular weight excluding hydrogens is 305 g/mol. The lowest BCUT2D eigenvalue weighted by Gasteiger charge is -2.29. The van der Waals surface area contributed by atoms with Crippen LogP contribution in [0.5, 0.6) is 0 Å². The van der Waals surface area contributed by atoms with E-state index in [1.807, 2.05) is 50.2 Å². The predicted octanol–water partition coefficient (Wildman–Crippen LogP) is 4.53. The molecule has 2 aromatic rings. The van der Waals surface area contributed by atoms with Crippen LogP contribution in [0.25, 0.3) is 0 Å². The van der Waals surface area contributed by atoms with E-state index in [4.69, 9.17) is 23.2 Å². The summed E-state index contributed by atoms with van der Waals surface area (Å²) in [6.07, 6.45) is 0. The van der Waals surface area contributed by atoms with Gasteiger partial charge in [0.25, 0.3) is 5.91 Å². The second-order valence-electron chi connectivity index (χ2n) is 5.25. The minimum atomic E-state index is -0.628. The second kappa shape index (κ2) is 6.50. The molecule has 0 heterocycles. The molecule has 0 fully saturated rings. The quantitative estimate of drug-likeness (QED) is 0.823. The highest BCUT2D eigenvalue weighted by atomic mass is 35.5. The number of amides is 1. The lowest BCUT2D eigenvalue weighted by atomic mass is 9.93. The number of halogens is 2. The molecule has 1 atom stereocenters. The lowest BCUT2D eigenvalue weighted by Crippen LogP contribution is -2.45. The third kappa shape index (κ3) is 3.58. The Balaban J connectivity index is 2.26. The molecule has 2 rings (SSSR count). The Hall–Kier alpha value is -1.51. The average molecular weight is 322 g/mol. The van der Waals surface area contributed by atoms with Gasteiger partial charge in [0.1, 0.15) is 0 Å². The van der Waals surface area contributed by atoms with Crippen molar-refractivity contribution < 1.29 is 4.79 Å². The van der Waals surface area contributed by atoms with E-state index in [1.165, 1.54) is 0 Å². The number of carbonyl (C=O) groups excluding carboxylic acids is 1. The van der Waals surface area contributed by atoms with Crippen LogP contribution in [0.2, 0.25) is 5.02 Å². The summed E-state index contributed by atoms with van der Waals surface area (Å²) < 4.78 is 0. The molecule has 0 spiro atoms. The first-order valence-corrected chi connectivity index (χ1v) is 7.58. The van der Waals surface area contributed by atoms with Crippen molar-refractivity contribution in [2.45, 2.75) is 19.4 Å². The van der Waals surface area contributed by atoms with Gasteiger partial charge in [-0.2, -0.15) is 0 Å². The Kier molecular flexibility index (Phi) is 4.92. The van der Waals surface area contributed by atoms with E-state index >= 15 is 0 Å². The number of aryl methyl sites for hydroxylation is 1. The standard InChI is InChI=1S/C17H17Cl2NO/c1-12-8-9-13(10-15(12)19)16(21)20-17(2,11-18)14-6-4-3-5-7-14/h3-10H,11H2,1-2H3,(H,20,21). The zero-order valence-corrected chi connectivity index (χ0v) is 13.5. The van der Waals surface area contributed by atoms with Gasteiger partial charge in [0.05, 0.1) is 5.54 Å². The zero-order valence-electron chi connectivity index (χ0n) is 12.0. The maximum atomic E-state index is 12.4. The molecule has 0 aromatic heterocycles. The fraction of sp³-hybridized carbons (Fsp3) is 0.235. The van der Waals surface area contributed by atoms with E-state index < -0.39 is 5.54 Å². The molecule has 0 bridgehead atoms. The highest BCUT2D eigenvalue weighted by molar-refractivity contribution is 6.31. The van der Waals surface area contributed by atoms with Gasteiger partial charge >= 0.3 is 0 Å². The van der Waals surface area contributed by atoms with Crippen LogP contribution in [0.1, 0.15) is 28.4 Å². The number of rotatable bonds is 4. The first-order valence-electron chi connectivity index (χ1n) is 6.66. The second-order valence-corrected chi connectivity index (χ2v) is 5.92. The first-order chi connectivity index (χ1) is 9.96. The Bertz CT molecular complexity index is 642. The van der Waals surface area contributed by atoms with E-state index in [0.29, 0.717) is 10.6 Å². The molecule has 4 heteroatoms. The molecule has 1 N–H and O–H groups in total. The monoisotopic (exact) mass is 321 g/mol. The van der Waals surface area contributed by atoms with Crippen molar-refractivity contribution in [2.75, 3.05) is 5.88 Å². The third-order valence-electron chi connectivity index (χ3n) is 3.50. The van der Waals surface area contributed by atoms with E-state index in [2.05, 4.69) is 5.32 Å². The maximum absolute atomic E-state index is 12.4. The summed E-state index contributed by atoms with van der Waals surface area (Å²) in [6.45, 7) is 3.81. The summed E-state index contributed by atoms with van der Waals surface area (Å²) in [5, 5.41) is 3.57. The molecule has 0 radical (unpaired) electrons. The Morgan fingerprint density at radius 2 is 1.86 bits per heavy atom. The van der Waals surface area contributed by atoms with Gasteiger partial charge < -0.3 is 5.32 Å². The van der Waals surface area contributed by atoms with Crippen molar-refractivity contribution in [3.63, 3.8) is 0 Å². The van der Waals surface area contributed by atoms with Crippen molar-refractivity contribution >= 4 is 29.1 Å². The van der Waals surface area contributed by atoms with Gasteiger partial charge in [-0.15, -0.1) is 11.6 Å². The number of hydrogen-bond donors (Lipinski definition) is 1. The Morgan fingerprint density at radius 3 is 2.43 bits per heavy atom. The van der Waals surface area contributed by atoms with E-state index in [1.54, 1.807) is 12.1 Å². The Labute approximate surface area is 135 Å². The Morgan fingerprint density at radius 1 is 1.19 bits per heavy atom. The topological polar surface area (TPSA) is 29.1 Å². The molecular formula is C17H17Cl2NO. The molecule has 0 saturated carbocycles. The fourth-order valence-electron chi connectivity index (χ4n) is 2.05. The smallest absolute Gasteiger partial charge is 0.252 e. The van der Waals surface area contributed by atoms with Gasteiger partial charge in [-0.1, -0.05) is 48.0 Å². The zero-order chi connectivity index (χ0) is 15.5. The third-order valence-corrected chi connectivity index (χ3v) is 4.44. The largest absolute Gasteiger partial charge is 0.342 e.